The van der Waals surface area contributed by atoms with Crippen LogP contribution < -0.4 is 5.32 Å². The Labute approximate surface area is 160 Å². The largest absolute Gasteiger partial charge is 0.480 e. The summed E-state index contributed by atoms with van der Waals surface area (Å²) in [4.78, 5) is 48.8. The summed E-state index contributed by atoms with van der Waals surface area (Å²) in [6, 6.07) is 5.43. The van der Waals surface area contributed by atoms with Crippen LogP contribution in [0.25, 0.3) is 0 Å². The molecule has 3 atom stereocenters. The summed E-state index contributed by atoms with van der Waals surface area (Å²) in [5.74, 6) is -2.13. The lowest BCUT2D eigenvalue weighted by Gasteiger charge is -2.26. The van der Waals surface area contributed by atoms with Crippen LogP contribution in [-0.2, 0) is 14.4 Å². The van der Waals surface area contributed by atoms with Crippen LogP contribution in [0.15, 0.2) is 24.3 Å². The highest BCUT2D eigenvalue weighted by Gasteiger charge is 2.39. The number of carboxylic acid groups (broad SMARTS) is 1. The Balaban J connectivity index is 2.08. The predicted molar refractivity (Wildman–Crippen MR) is 103 cm³/mol. The predicted octanol–water partition coefficient (Wildman–Crippen LogP) is 1.75. The SMILES string of the molecule is CC(=O)Nc1ccc(C(=O)C(S)C(C)C(=O)N2CSCC2C(=O)O)cc1. The fourth-order valence-electron chi connectivity index (χ4n) is 2.58. The standard InChI is InChI=1S/C17H20N2O5S2/c1-9(16(22)19-8-26-7-13(19)17(23)24)15(25)14(21)11-3-5-12(6-4-11)18-10(2)20/h3-6,9,13,15,25H,7-8H2,1-2H3,(H,18,20)(H,23,24). The molecule has 0 radical (unpaired) electrons. The summed E-state index contributed by atoms with van der Waals surface area (Å²) in [6.07, 6.45) is 0. The molecule has 0 aromatic heterocycles. The minimum absolute atomic E-state index is 0.216. The number of thioether (sulfide) groups is 1. The summed E-state index contributed by atoms with van der Waals surface area (Å²) in [7, 11) is 0. The third kappa shape index (κ3) is 4.59. The van der Waals surface area contributed by atoms with E-state index < -0.39 is 29.1 Å². The molecule has 9 heteroatoms. The molecule has 140 valence electrons. The number of hydrogen-bond donors (Lipinski definition) is 3. The van der Waals surface area contributed by atoms with Crippen LogP contribution in [0.5, 0.6) is 0 Å². The second-order valence-electron chi connectivity index (χ2n) is 6.02. The maximum atomic E-state index is 12.6. The molecular formula is C17H20N2O5S2. The van der Waals surface area contributed by atoms with Gasteiger partial charge in [-0.15, -0.1) is 11.8 Å². The smallest absolute Gasteiger partial charge is 0.327 e. The number of anilines is 1. The van der Waals surface area contributed by atoms with Crippen LogP contribution in [0.2, 0.25) is 0 Å². The van der Waals surface area contributed by atoms with E-state index in [1.165, 1.54) is 23.6 Å². The lowest BCUT2D eigenvalue weighted by Crippen LogP contribution is -2.46. The normalized spacial score (nSPS) is 18.9. The molecule has 2 N–H and O–H groups in total. The first-order valence-corrected chi connectivity index (χ1v) is 9.60. The first kappa shape index (κ1) is 20.3. The number of aliphatic carboxylic acids is 1. The van der Waals surface area contributed by atoms with E-state index in [1.807, 2.05) is 0 Å². The minimum atomic E-state index is -1.05. The van der Waals surface area contributed by atoms with Crippen molar-refractivity contribution in [2.75, 3.05) is 16.9 Å². The van der Waals surface area contributed by atoms with Crippen LogP contribution in [0.1, 0.15) is 24.2 Å². The molecule has 0 spiro atoms. The van der Waals surface area contributed by atoms with Crippen molar-refractivity contribution in [3.63, 3.8) is 0 Å². The van der Waals surface area contributed by atoms with Crippen LogP contribution >= 0.6 is 24.4 Å². The highest BCUT2D eigenvalue weighted by molar-refractivity contribution is 7.99. The van der Waals surface area contributed by atoms with E-state index in [2.05, 4.69) is 17.9 Å². The molecule has 0 bridgehead atoms. The fraction of sp³-hybridized carbons (Fsp3) is 0.412. The number of thiol groups is 1. The molecule has 0 aliphatic carbocycles. The Morgan fingerprint density at radius 3 is 2.42 bits per heavy atom. The lowest BCUT2D eigenvalue weighted by molar-refractivity contribution is -0.149. The van der Waals surface area contributed by atoms with Gasteiger partial charge >= 0.3 is 5.97 Å². The molecule has 3 unspecified atom stereocenters. The number of carbonyl (C=O) groups excluding carboxylic acids is 3. The Morgan fingerprint density at radius 2 is 1.88 bits per heavy atom. The van der Waals surface area contributed by atoms with Crippen LogP contribution in [-0.4, -0.2) is 56.5 Å². The van der Waals surface area contributed by atoms with Crippen molar-refractivity contribution in [1.82, 2.24) is 4.90 Å². The van der Waals surface area contributed by atoms with Gasteiger partial charge in [0, 0.05) is 23.9 Å². The summed E-state index contributed by atoms with van der Waals surface area (Å²) in [6.45, 7) is 2.96. The molecule has 1 saturated heterocycles. The number of Topliss-reactive ketones (excluding diaryl/α,β-unsaturated/α-hetero) is 1. The monoisotopic (exact) mass is 396 g/mol. The third-order valence-electron chi connectivity index (χ3n) is 4.07. The molecule has 1 aliphatic heterocycles. The molecule has 1 aromatic carbocycles. The number of ketones is 1. The second-order valence-corrected chi connectivity index (χ2v) is 7.57. The van der Waals surface area contributed by atoms with Crippen molar-refractivity contribution >= 4 is 53.6 Å². The molecule has 1 aromatic rings. The number of amides is 2. The van der Waals surface area contributed by atoms with Gasteiger partial charge in [-0.05, 0) is 24.3 Å². The molecule has 0 saturated carbocycles. The number of nitrogens with zero attached hydrogens (tertiary/aromatic N) is 1. The van der Waals surface area contributed by atoms with Crippen LogP contribution in [0, 0.1) is 5.92 Å². The van der Waals surface area contributed by atoms with Gasteiger partial charge in [0.2, 0.25) is 11.8 Å². The van der Waals surface area contributed by atoms with E-state index in [4.69, 9.17) is 0 Å². The Bertz CT molecular complexity index is 722. The Morgan fingerprint density at radius 1 is 1.27 bits per heavy atom. The maximum Gasteiger partial charge on any atom is 0.327 e. The molecule has 2 amide bonds. The van der Waals surface area contributed by atoms with E-state index in [0.29, 0.717) is 22.9 Å². The van der Waals surface area contributed by atoms with Crippen molar-refractivity contribution in [2.45, 2.75) is 25.1 Å². The van der Waals surface area contributed by atoms with E-state index in [0.717, 1.165) is 0 Å². The topological polar surface area (TPSA) is 104 Å². The summed E-state index contributed by atoms with van der Waals surface area (Å²) < 4.78 is 0. The number of hydrogen-bond acceptors (Lipinski definition) is 6. The zero-order chi connectivity index (χ0) is 19.4. The zero-order valence-corrected chi connectivity index (χ0v) is 16.0. The highest BCUT2D eigenvalue weighted by atomic mass is 32.2. The van der Waals surface area contributed by atoms with Crippen LogP contribution in [0.3, 0.4) is 0 Å². The van der Waals surface area contributed by atoms with Crippen molar-refractivity contribution < 1.29 is 24.3 Å². The van der Waals surface area contributed by atoms with Gasteiger partial charge in [0.05, 0.1) is 17.0 Å². The van der Waals surface area contributed by atoms with Gasteiger partial charge in [-0.1, -0.05) is 6.92 Å². The minimum Gasteiger partial charge on any atom is -0.480 e. The average Bonchev–Trinajstić information content (AvgIpc) is 3.09. The van der Waals surface area contributed by atoms with Gasteiger partial charge in [-0.2, -0.15) is 12.6 Å². The molecule has 1 heterocycles. The van der Waals surface area contributed by atoms with E-state index in [-0.39, 0.29) is 11.7 Å². The number of rotatable bonds is 6. The zero-order valence-electron chi connectivity index (χ0n) is 14.3. The first-order valence-electron chi connectivity index (χ1n) is 7.93. The first-order chi connectivity index (χ1) is 12.2. The van der Waals surface area contributed by atoms with E-state index >= 15 is 0 Å². The van der Waals surface area contributed by atoms with Gasteiger partial charge < -0.3 is 15.3 Å². The highest BCUT2D eigenvalue weighted by Crippen LogP contribution is 2.26. The third-order valence-corrected chi connectivity index (χ3v) is 5.77. The van der Waals surface area contributed by atoms with Gasteiger partial charge in [0.25, 0.3) is 0 Å². The van der Waals surface area contributed by atoms with E-state index in [9.17, 15) is 24.3 Å². The van der Waals surface area contributed by atoms with Crippen LogP contribution in [0.4, 0.5) is 5.69 Å². The maximum absolute atomic E-state index is 12.6. The fourth-order valence-corrected chi connectivity index (χ4v) is 4.01. The number of nitrogens with one attached hydrogen (secondary N) is 1. The van der Waals surface area contributed by atoms with Gasteiger partial charge in [-0.25, -0.2) is 4.79 Å². The number of benzene rings is 1. The lowest BCUT2D eigenvalue weighted by atomic mass is 9.97. The second kappa shape index (κ2) is 8.59. The number of carbonyl (C=O) groups is 4. The van der Waals surface area contributed by atoms with E-state index in [1.54, 1.807) is 31.2 Å². The van der Waals surface area contributed by atoms with Gasteiger partial charge in [0.15, 0.2) is 5.78 Å². The Kier molecular flexibility index (Phi) is 6.71. The molecule has 7 nitrogen and oxygen atoms in total. The van der Waals surface area contributed by atoms with Crippen molar-refractivity contribution in [3.05, 3.63) is 29.8 Å². The average molecular weight is 396 g/mol. The molecule has 2 rings (SSSR count). The van der Waals surface area contributed by atoms with Gasteiger partial charge in [0.1, 0.15) is 6.04 Å². The summed E-state index contributed by atoms with van der Waals surface area (Å²) in [5, 5.41) is 10.9. The molecule has 1 fully saturated rings. The van der Waals surface area contributed by atoms with Crippen molar-refractivity contribution in [3.8, 4) is 0 Å². The van der Waals surface area contributed by atoms with Crippen molar-refractivity contribution in [1.29, 1.82) is 0 Å². The summed E-state index contributed by atoms with van der Waals surface area (Å²) >= 11 is 5.67. The van der Waals surface area contributed by atoms with Gasteiger partial charge in [-0.3, -0.25) is 14.4 Å². The molecular weight excluding hydrogens is 376 g/mol. The molecule has 1 aliphatic rings. The van der Waals surface area contributed by atoms with Crippen molar-refractivity contribution in [2.24, 2.45) is 5.92 Å². The number of carboxylic acids is 1. The quantitative estimate of drug-likeness (QED) is 0.500. The molecule has 26 heavy (non-hydrogen) atoms. The summed E-state index contributed by atoms with van der Waals surface area (Å²) in [5.41, 5.74) is 0.927. The Hall–Kier alpha value is -2.00.